The van der Waals surface area contributed by atoms with Gasteiger partial charge in [0.2, 0.25) is 15.9 Å². The lowest BCUT2D eigenvalue weighted by Gasteiger charge is -2.24. The van der Waals surface area contributed by atoms with Gasteiger partial charge in [-0.25, -0.2) is 8.42 Å². The lowest BCUT2D eigenvalue weighted by molar-refractivity contribution is -0.123. The number of hydrogen-bond acceptors (Lipinski definition) is 4. The second kappa shape index (κ2) is 7.79. The van der Waals surface area contributed by atoms with Crippen molar-refractivity contribution in [1.29, 1.82) is 0 Å². The fourth-order valence-electron chi connectivity index (χ4n) is 2.68. The van der Waals surface area contributed by atoms with Crippen LogP contribution in [-0.2, 0) is 14.8 Å². The van der Waals surface area contributed by atoms with E-state index in [-0.39, 0.29) is 16.8 Å². The van der Waals surface area contributed by atoms with Gasteiger partial charge in [0.05, 0.1) is 18.0 Å². The van der Waals surface area contributed by atoms with E-state index in [2.05, 4.69) is 10.0 Å². The number of amides is 1. The first kappa shape index (κ1) is 17.7. The second-order valence-corrected chi connectivity index (χ2v) is 7.58. The maximum absolute atomic E-state index is 12.3. The molecule has 23 heavy (non-hydrogen) atoms. The molecule has 1 fully saturated rings. The van der Waals surface area contributed by atoms with Gasteiger partial charge in [-0.15, -0.1) is 0 Å². The van der Waals surface area contributed by atoms with Crippen LogP contribution in [0.4, 0.5) is 0 Å². The van der Waals surface area contributed by atoms with Crippen molar-refractivity contribution in [2.75, 3.05) is 7.11 Å². The summed E-state index contributed by atoms with van der Waals surface area (Å²) in [5, 5.41) is 2.93. The SMILES string of the molecule is COc1ccc(S(=O)(=O)N[C@@H](C)C(=O)NC2CCCCC2)cc1. The highest BCUT2D eigenvalue weighted by atomic mass is 32.2. The molecule has 0 radical (unpaired) electrons. The number of sulfonamides is 1. The first-order chi connectivity index (χ1) is 10.9. The third-order valence-corrected chi connectivity index (χ3v) is 5.60. The van der Waals surface area contributed by atoms with E-state index in [4.69, 9.17) is 4.74 Å². The molecule has 2 rings (SSSR count). The van der Waals surface area contributed by atoms with Gasteiger partial charge >= 0.3 is 0 Å². The Morgan fingerprint density at radius 3 is 2.35 bits per heavy atom. The molecule has 6 nitrogen and oxygen atoms in total. The summed E-state index contributed by atoms with van der Waals surface area (Å²) >= 11 is 0. The normalized spacial score (nSPS) is 17.5. The third kappa shape index (κ3) is 4.94. The average Bonchev–Trinajstić information content (AvgIpc) is 2.55. The van der Waals surface area contributed by atoms with Gasteiger partial charge in [-0.1, -0.05) is 19.3 Å². The van der Waals surface area contributed by atoms with Crippen LogP contribution in [0, 0.1) is 0 Å². The molecule has 1 aromatic rings. The molecule has 0 heterocycles. The maximum Gasteiger partial charge on any atom is 0.241 e. The predicted octanol–water partition coefficient (Wildman–Crippen LogP) is 1.81. The first-order valence-corrected chi connectivity index (χ1v) is 9.37. The Bertz CT molecular complexity index is 622. The summed E-state index contributed by atoms with van der Waals surface area (Å²) in [5.41, 5.74) is 0. The Hall–Kier alpha value is -1.60. The highest BCUT2D eigenvalue weighted by Crippen LogP contribution is 2.18. The van der Waals surface area contributed by atoms with Crippen LogP contribution in [0.25, 0.3) is 0 Å². The lowest BCUT2D eigenvalue weighted by atomic mass is 9.95. The van der Waals surface area contributed by atoms with E-state index in [1.165, 1.54) is 25.7 Å². The number of rotatable bonds is 6. The first-order valence-electron chi connectivity index (χ1n) is 7.89. The van der Waals surface area contributed by atoms with E-state index in [1.807, 2.05) is 0 Å². The zero-order valence-electron chi connectivity index (χ0n) is 13.5. The molecule has 0 aliphatic heterocycles. The summed E-state index contributed by atoms with van der Waals surface area (Å²) < 4.78 is 32.0. The number of methoxy groups -OCH3 is 1. The standard InChI is InChI=1S/C16H24N2O4S/c1-12(16(19)17-13-6-4-3-5-7-13)18-23(20,21)15-10-8-14(22-2)9-11-15/h8-13,18H,3-7H2,1-2H3,(H,17,19)/t12-/m0/s1. The molecular weight excluding hydrogens is 316 g/mol. The molecule has 0 unspecified atom stereocenters. The minimum Gasteiger partial charge on any atom is -0.497 e. The van der Waals surface area contributed by atoms with Gasteiger partial charge in [-0.2, -0.15) is 4.72 Å². The maximum atomic E-state index is 12.3. The Morgan fingerprint density at radius 1 is 1.17 bits per heavy atom. The summed E-state index contributed by atoms with van der Waals surface area (Å²) in [6, 6.07) is 5.39. The van der Waals surface area contributed by atoms with Crippen molar-refractivity contribution >= 4 is 15.9 Å². The summed E-state index contributed by atoms with van der Waals surface area (Å²) in [6.45, 7) is 1.55. The Kier molecular flexibility index (Phi) is 6.01. The van der Waals surface area contributed by atoms with E-state index in [0.29, 0.717) is 5.75 Å². The topological polar surface area (TPSA) is 84.5 Å². The van der Waals surface area contributed by atoms with Crippen molar-refractivity contribution in [3.8, 4) is 5.75 Å². The number of ether oxygens (including phenoxy) is 1. The van der Waals surface area contributed by atoms with Crippen LogP contribution in [0.1, 0.15) is 39.0 Å². The van der Waals surface area contributed by atoms with Crippen LogP contribution in [0.2, 0.25) is 0 Å². The molecule has 0 aromatic heterocycles. The molecule has 0 spiro atoms. The Labute approximate surface area is 137 Å². The Balaban J connectivity index is 1.96. The van der Waals surface area contributed by atoms with E-state index < -0.39 is 16.1 Å². The van der Waals surface area contributed by atoms with Gasteiger partial charge in [0.25, 0.3) is 0 Å². The minimum absolute atomic E-state index is 0.107. The minimum atomic E-state index is -3.74. The summed E-state index contributed by atoms with van der Waals surface area (Å²) in [6.07, 6.45) is 5.34. The number of benzene rings is 1. The van der Waals surface area contributed by atoms with E-state index >= 15 is 0 Å². The molecule has 0 saturated heterocycles. The van der Waals surface area contributed by atoms with Crippen molar-refractivity contribution < 1.29 is 17.9 Å². The van der Waals surface area contributed by atoms with Crippen LogP contribution in [-0.4, -0.2) is 33.5 Å². The van der Waals surface area contributed by atoms with Crippen LogP contribution in [0.15, 0.2) is 29.2 Å². The zero-order chi connectivity index (χ0) is 16.9. The number of carbonyl (C=O) groups is 1. The quantitative estimate of drug-likeness (QED) is 0.827. The molecule has 1 amide bonds. The van der Waals surface area contributed by atoms with Crippen molar-refractivity contribution in [2.24, 2.45) is 0 Å². The van der Waals surface area contributed by atoms with Gasteiger partial charge < -0.3 is 10.1 Å². The van der Waals surface area contributed by atoms with Gasteiger partial charge in [0.15, 0.2) is 0 Å². The van der Waals surface area contributed by atoms with Crippen molar-refractivity contribution in [2.45, 2.75) is 56.0 Å². The molecule has 1 aromatic carbocycles. The highest BCUT2D eigenvalue weighted by molar-refractivity contribution is 7.89. The van der Waals surface area contributed by atoms with Crippen molar-refractivity contribution in [1.82, 2.24) is 10.0 Å². The van der Waals surface area contributed by atoms with Crippen molar-refractivity contribution in [3.05, 3.63) is 24.3 Å². The summed E-state index contributed by atoms with van der Waals surface area (Å²) in [4.78, 5) is 12.3. The largest absolute Gasteiger partial charge is 0.497 e. The lowest BCUT2D eigenvalue weighted by Crippen LogP contribution is -2.48. The smallest absolute Gasteiger partial charge is 0.241 e. The van der Waals surface area contributed by atoms with E-state index in [0.717, 1.165) is 25.7 Å². The molecule has 1 saturated carbocycles. The predicted molar refractivity (Wildman–Crippen MR) is 87.8 cm³/mol. The average molecular weight is 340 g/mol. The Morgan fingerprint density at radius 2 is 1.78 bits per heavy atom. The summed E-state index contributed by atoms with van der Waals surface area (Å²) in [7, 11) is -2.22. The highest BCUT2D eigenvalue weighted by Gasteiger charge is 2.24. The van der Waals surface area contributed by atoms with Crippen LogP contribution in [0.3, 0.4) is 0 Å². The monoisotopic (exact) mass is 340 g/mol. The molecule has 2 N–H and O–H groups in total. The molecule has 1 atom stereocenters. The summed E-state index contributed by atoms with van der Waals surface area (Å²) in [5.74, 6) is 0.293. The fraction of sp³-hybridized carbons (Fsp3) is 0.562. The molecule has 1 aliphatic rings. The van der Waals surface area contributed by atoms with E-state index in [1.54, 1.807) is 19.1 Å². The third-order valence-electron chi connectivity index (χ3n) is 4.05. The van der Waals surface area contributed by atoms with Crippen molar-refractivity contribution in [3.63, 3.8) is 0 Å². The zero-order valence-corrected chi connectivity index (χ0v) is 14.4. The van der Waals surface area contributed by atoms with Gasteiger partial charge in [-0.3, -0.25) is 4.79 Å². The number of hydrogen-bond donors (Lipinski definition) is 2. The molecular formula is C16H24N2O4S. The number of carbonyl (C=O) groups excluding carboxylic acids is 1. The van der Waals surface area contributed by atoms with E-state index in [9.17, 15) is 13.2 Å². The molecule has 1 aliphatic carbocycles. The van der Waals surface area contributed by atoms with Gasteiger partial charge in [-0.05, 0) is 44.0 Å². The van der Waals surface area contributed by atoms with Gasteiger partial charge in [0.1, 0.15) is 5.75 Å². The molecule has 128 valence electrons. The van der Waals surface area contributed by atoms with Crippen LogP contribution in [0.5, 0.6) is 5.75 Å². The molecule has 0 bridgehead atoms. The van der Waals surface area contributed by atoms with Crippen LogP contribution < -0.4 is 14.8 Å². The number of nitrogens with one attached hydrogen (secondary N) is 2. The molecule has 7 heteroatoms. The van der Waals surface area contributed by atoms with Gasteiger partial charge in [0, 0.05) is 6.04 Å². The van der Waals surface area contributed by atoms with Crippen LogP contribution >= 0.6 is 0 Å². The fourth-order valence-corrected chi connectivity index (χ4v) is 3.89. The second-order valence-electron chi connectivity index (χ2n) is 5.86.